The molecule has 0 unspecified atom stereocenters. The van der Waals surface area contributed by atoms with E-state index in [9.17, 15) is 19.2 Å². The number of amides is 3. The van der Waals surface area contributed by atoms with Gasteiger partial charge in [0.1, 0.15) is 5.70 Å². The normalized spacial score (nSPS) is 10.9. The molecule has 3 N–H and O–H groups in total. The molecule has 0 aliphatic rings. The van der Waals surface area contributed by atoms with E-state index in [1.165, 1.54) is 11.8 Å². The van der Waals surface area contributed by atoms with Crippen LogP contribution >= 0.6 is 23.4 Å². The zero-order valence-corrected chi connectivity index (χ0v) is 24.7. The number of thioether (sulfide) groups is 1. The summed E-state index contributed by atoms with van der Waals surface area (Å²) in [4.78, 5) is 51.3. The Hall–Kier alpha value is -4.86. The highest BCUT2D eigenvalue weighted by Crippen LogP contribution is 2.23. The monoisotopic (exact) mass is 613 g/mol. The Labute approximate surface area is 258 Å². The van der Waals surface area contributed by atoms with Crippen molar-refractivity contribution < 1.29 is 23.9 Å². The van der Waals surface area contributed by atoms with Crippen LogP contribution < -0.4 is 16.0 Å². The van der Waals surface area contributed by atoms with E-state index in [0.717, 1.165) is 4.90 Å². The summed E-state index contributed by atoms with van der Waals surface area (Å²) in [6, 6.07) is 29.0. The molecule has 4 aromatic rings. The first kappa shape index (κ1) is 31.1. The third-order valence-corrected chi connectivity index (χ3v) is 7.06. The van der Waals surface area contributed by atoms with Crippen LogP contribution in [-0.2, 0) is 14.3 Å². The highest BCUT2D eigenvalue weighted by Gasteiger charge is 2.16. The van der Waals surface area contributed by atoms with Crippen molar-refractivity contribution in [2.75, 3.05) is 23.0 Å². The number of hydrogen-bond donors (Lipinski definition) is 3. The van der Waals surface area contributed by atoms with Crippen LogP contribution in [0.1, 0.15) is 33.2 Å². The Kier molecular flexibility index (Phi) is 11.1. The van der Waals surface area contributed by atoms with E-state index >= 15 is 0 Å². The van der Waals surface area contributed by atoms with Crippen molar-refractivity contribution in [2.24, 2.45) is 0 Å². The van der Waals surface area contributed by atoms with Gasteiger partial charge in [0.2, 0.25) is 5.91 Å². The van der Waals surface area contributed by atoms with Crippen LogP contribution in [0.2, 0.25) is 5.02 Å². The Morgan fingerprint density at radius 3 is 2.26 bits per heavy atom. The summed E-state index contributed by atoms with van der Waals surface area (Å²) in [5.74, 6) is -1.51. The molecule has 0 heterocycles. The number of carbonyl (C=O) groups excluding carboxylic acids is 4. The van der Waals surface area contributed by atoms with Crippen molar-refractivity contribution in [1.82, 2.24) is 5.32 Å². The van der Waals surface area contributed by atoms with Gasteiger partial charge in [-0.2, -0.15) is 0 Å². The minimum atomic E-state index is -0.532. The summed E-state index contributed by atoms with van der Waals surface area (Å²) >= 11 is 7.40. The van der Waals surface area contributed by atoms with Crippen molar-refractivity contribution in [3.05, 3.63) is 131 Å². The molecule has 0 aliphatic carbocycles. The summed E-state index contributed by atoms with van der Waals surface area (Å²) in [6.45, 7) is 2.02. The van der Waals surface area contributed by atoms with Gasteiger partial charge >= 0.3 is 5.97 Å². The Morgan fingerprint density at radius 2 is 1.53 bits per heavy atom. The van der Waals surface area contributed by atoms with E-state index in [-0.39, 0.29) is 24.0 Å². The van der Waals surface area contributed by atoms with Gasteiger partial charge < -0.3 is 20.7 Å². The van der Waals surface area contributed by atoms with Gasteiger partial charge in [0.05, 0.1) is 17.9 Å². The van der Waals surface area contributed by atoms with Gasteiger partial charge in [0, 0.05) is 26.9 Å². The third kappa shape index (κ3) is 9.59. The average molecular weight is 614 g/mol. The molecule has 0 radical (unpaired) electrons. The largest absolute Gasteiger partial charge is 0.462 e. The SMILES string of the molecule is CCOC(=O)c1ccc(NC(=O)CSc2cccc(NC(=O)/C(=C/c3cccc(Cl)c3)NC(=O)c3ccccc3)c2)cc1. The van der Waals surface area contributed by atoms with Gasteiger partial charge in [-0.1, -0.05) is 48.0 Å². The first-order valence-electron chi connectivity index (χ1n) is 13.3. The molecular formula is C33H28ClN3O5S. The number of hydrogen-bond acceptors (Lipinski definition) is 6. The topological polar surface area (TPSA) is 114 Å². The van der Waals surface area contributed by atoms with E-state index in [1.54, 1.807) is 110 Å². The molecule has 4 rings (SSSR count). The number of rotatable bonds is 11. The number of esters is 1. The molecule has 218 valence electrons. The standard InChI is InChI=1S/C33H28ClN3O5S/c1-2-42-33(41)24-14-16-26(17-15-24)35-30(38)21-43-28-13-7-12-27(20-28)36-32(40)29(19-22-8-6-11-25(34)18-22)37-31(39)23-9-4-3-5-10-23/h3-20H,2,21H2,1H3,(H,35,38)(H,36,40)(H,37,39)/b29-19-. The van der Waals surface area contributed by atoms with E-state index in [1.807, 2.05) is 6.07 Å². The summed E-state index contributed by atoms with van der Waals surface area (Å²) in [6.07, 6.45) is 1.55. The van der Waals surface area contributed by atoms with Crippen molar-refractivity contribution in [3.63, 3.8) is 0 Å². The highest BCUT2D eigenvalue weighted by molar-refractivity contribution is 8.00. The molecule has 10 heteroatoms. The van der Waals surface area contributed by atoms with Crippen molar-refractivity contribution in [1.29, 1.82) is 0 Å². The minimum Gasteiger partial charge on any atom is -0.462 e. The van der Waals surface area contributed by atoms with Crippen LogP contribution in [0.3, 0.4) is 0 Å². The van der Waals surface area contributed by atoms with Gasteiger partial charge in [-0.3, -0.25) is 14.4 Å². The molecule has 0 spiro atoms. The van der Waals surface area contributed by atoms with Crippen molar-refractivity contribution in [2.45, 2.75) is 11.8 Å². The quantitative estimate of drug-likeness (QED) is 0.0991. The fraction of sp³-hybridized carbons (Fsp3) is 0.0909. The number of nitrogens with one attached hydrogen (secondary N) is 3. The van der Waals surface area contributed by atoms with Crippen LogP contribution in [0.25, 0.3) is 6.08 Å². The maximum absolute atomic E-state index is 13.3. The fourth-order valence-electron chi connectivity index (χ4n) is 3.82. The number of carbonyl (C=O) groups is 4. The second kappa shape index (κ2) is 15.4. The lowest BCUT2D eigenvalue weighted by Crippen LogP contribution is -2.30. The van der Waals surface area contributed by atoms with Crippen molar-refractivity contribution in [3.8, 4) is 0 Å². The van der Waals surface area contributed by atoms with Crippen LogP contribution in [0.4, 0.5) is 11.4 Å². The zero-order valence-electron chi connectivity index (χ0n) is 23.1. The van der Waals surface area contributed by atoms with Crippen LogP contribution in [0.5, 0.6) is 0 Å². The second-order valence-corrected chi connectivity index (χ2v) is 10.5. The van der Waals surface area contributed by atoms with Gasteiger partial charge in [-0.05, 0) is 85.3 Å². The molecule has 0 aliphatic heterocycles. The molecular weight excluding hydrogens is 586 g/mol. The van der Waals surface area contributed by atoms with Crippen LogP contribution in [0.15, 0.2) is 114 Å². The van der Waals surface area contributed by atoms with Crippen LogP contribution in [-0.4, -0.2) is 36.1 Å². The smallest absolute Gasteiger partial charge is 0.338 e. The predicted molar refractivity (Wildman–Crippen MR) is 170 cm³/mol. The molecule has 3 amide bonds. The summed E-state index contributed by atoms with van der Waals surface area (Å²) in [5.41, 5.74) is 2.50. The van der Waals surface area contributed by atoms with Crippen molar-refractivity contribution >= 4 is 64.5 Å². The lowest BCUT2D eigenvalue weighted by molar-refractivity contribution is -0.114. The first-order chi connectivity index (χ1) is 20.8. The summed E-state index contributed by atoms with van der Waals surface area (Å²) < 4.78 is 4.97. The van der Waals surface area contributed by atoms with Gasteiger partial charge in [0.15, 0.2) is 0 Å². The summed E-state index contributed by atoms with van der Waals surface area (Å²) in [7, 11) is 0. The molecule has 0 bridgehead atoms. The minimum absolute atomic E-state index is 0.0301. The lowest BCUT2D eigenvalue weighted by atomic mass is 10.1. The molecule has 0 saturated heterocycles. The Bertz CT molecular complexity index is 1640. The molecule has 0 atom stereocenters. The number of halogens is 1. The molecule has 0 aromatic heterocycles. The van der Waals surface area contributed by atoms with Crippen LogP contribution in [0, 0.1) is 0 Å². The summed E-state index contributed by atoms with van der Waals surface area (Å²) in [5, 5.41) is 8.80. The van der Waals surface area contributed by atoms with E-state index in [4.69, 9.17) is 16.3 Å². The number of anilines is 2. The average Bonchev–Trinajstić information content (AvgIpc) is 3.01. The Balaban J connectivity index is 1.40. The van der Waals surface area contributed by atoms with Gasteiger partial charge in [0.25, 0.3) is 11.8 Å². The number of ether oxygens (including phenoxy) is 1. The predicted octanol–water partition coefficient (Wildman–Crippen LogP) is 6.66. The van der Waals surface area contributed by atoms with E-state index in [2.05, 4.69) is 16.0 Å². The highest BCUT2D eigenvalue weighted by atomic mass is 35.5. The van der Waals surface area contributed by atoms with Gasteiger partial charge in [-0.15, -0.1) is 11.8 Å². The Morgan fingerprint density at radius 1 is 0.791 bits per heavy atom. The maximum atomic E-state index is 13.3. The first-order valence-corrected chi connectivity index (χ1v) is 14.6. The number of benzene rings is 4. The fourth-order valence-corrected chi connectivity index (χ4v) is 4.77. The molecule has 8 nitrogen and oxygen atoms in total. The maximum Gasteiger partial charge on any atom is 0.338 e. The second-order valence-electron chi connectivity index (χ2n) is 9.05. The van der Waals surface area contributed by atoms with Gasteiger partial charge in [-0.25, -0.2) is 4.79 Å². The lowest BCUT2D eigenvalue weighted by Gasteiger charge is -2.12. The molecule has 43 heavy (non-hydrogen) atoms. The zero-order chi connectivity index (χ0) is 30.6. The van der Waals surface area contributed by atoms with E-state index < -0.39 is 17.8 Å². The molecule has 0 saturated carbocycles. The third-order valence-electron chi connectivity index (χ3n) is 5.83. The van der Waals surface area contributed by atoms with E-state index in [0.29, 0.717) is 33.1 Å². The molecule has 0 fully saturated rings. The molecule has 4 aromatic carbocycles.